The highest BCUT2D eigenvalue weighted by atomic mass is 32.2. The molecule has 20 heavy (non-hydrogen) atoms. The maximum absolute atomic E-state index is 12.4. The molecule has 2 nitrogen and oxygen atoms in total. The quantitative estimate of drug-likeness (QED) is 0.927. The third kappa shape index (κ3) is 4.52. The Hall–Kier alpha value is -1.01. The molecule has 1 heterocycles. The van der Waals surface area contributed by atoms with Crippen molar-refractivity contribution in [2.24, 2.45) is 0 Å². The Morgan fingerprint density at radius 3 is 2.55 bits per heavy atom. The highest BCUT2D eigenvalue weighted by Crippen LogP contribution is 2.29. The van der Waals surface area contributed by atoms with Gasteiger partial charge < -0.3 is 5.32 Å². The lowest BCUT2D eigenvalue weighted by molar-refractivity contribution is -0.137. The summed E-state index contributed by atoms with van der Waals surface area (Å²) < 4.78 is 37.2. The van der Waals surface area contributed by atoms with Crippen LogP contribution in [0.2, 0.25) is 0 Å². The predicted molar refractivity (Wildman–Crippen MR) is 73.9 cm³/mol. The Kier molecular flexibility index (Phi) is 5.10. The molecule has 1 saturated heterocycles. The van der Waals surface area contributed by atoms with Gasteiger partial charge in [0.2, 0.25) is 0 Å². The van der Waals surface area contributed by atoms with Gasteiger partial charge in [-0.15, -0.1) is 0 Å². The fourth-order valence-electron chi connectivity index (χ4n) is 2.14. The fraction of sp³-hybridized carbons (Fsp3) is 0.500. The zero-order chi connectivity index (χ0) is 14.6. The lowest BCUT2D eigenvalue weighted by atomic mass is 10.0. The topological polar surface area (TPSA) is 29.1 Å². The van der Waals surface area contributed by atoms with E-state index in [1.807, 2.05) is 11.8 Å². The standard InChI is InChI=1S/C14H16F3NOS/c15-14(16,17)11-3-1-10(2-4-11)7-13(19)8-12-9-20-6-5-18-12/h1-4,12,18H,5-9H2. The van der Waals surface area contributed by atoms with Crippen molar-refractivity contribution in [3.63, 3.8) is 0 Å². The van der Waals surface area contributed by atoms with Crippen molar-refractivity contribution in [2.75, 3.05) is 18.1 Å². The number of rotatable bonds is 4. The molecule has 1 aromatic carbocycles. The molecule has 0 aromatic heterocycles. The Labute approximate surface area is 120 Å². The van der Waals surface area contributed by atoms with E-state index >= 15 is 0 Å². The van der Waals surface area contributed by atoms with E-state index in [2.05, 4.69) is 5.32 Å². The molecular formula is C14H16F3NOS. The minimum absolute atomic E-state index is 0.0600. The highest BCUT2D eigenvalue weighted by Gasteiger charge is 2.30. The summed E-state index contributed by atoms with van der Waals surface area (Å²) in [5.74, 6) is 2.03. The van der Waals surface area contributed by atoms with Crippen molar-refractivity contribution in [2.45, 2.75) is 25.1 Å². The van der Waals surface area contributed by atoms with Gasteiger partial charge in [-0.05, 0) is 17.7 Å². The van der Waals surface area contributed by atoms with Crippen LogP contribution < -0.4 is 5.32 Å². The summed E-state index contributed by atoms with van der Waals surface area (Å²) in [6.07, 6.45) is -3.69. The molecule has 0 spiro atoms. The normalized spacial score (nSPS) is 19.9. The Morgan fingerprint density at radius 1 is 1.30 bits per heavy atom. The number of carbonyl (C=O) groups is 1. The zero-order valence-corrected chi connectivity index (χ0v) is 11.7. The monoisotopic (exact) mass is 303 g/mol. The van der Waals surface area contributed by atoms with Gasteiger partial charge in [-0.3, -0.25) is 4.79 Å². The SMILES string of the molecule is O=C(Cc1ccc(C(F)(F)F)cc1)CC1CSCCN1. The largest absolute Gasteiger partial charge is 0.416 e. The molecule has 0 radical (unpaired) electrons. The fourth-order valence-corrected chi connectivity index (χ4v) is 3.09. The summed E-state index contributed by atoms with van der Waals surface area (Å²) in [6, 6.07) is 5.00. The van der Waals surface area contributed by atoms with E-state index in [4.69, 9.17) is 0 Å². The number of carbonyl (C=O) groups excluding carboxylic acids is 1. The number of benzene rings is 1. The van der Waals surface area contributed by atoms with Crippen LogP contribution in [0.5, 0.6) is 0 Å². The first-order valence-corrected chi connectivity index (χ1v) is 7.59. The maximum atomic E-state index is 12.4. The molecule has 2 rings (SSSR count). The number of hydrogen-bond donors (Lipinski definition) is 1. The first kappa shape index (κ1) is 15.4. The number of thioether (sulfide) groups is 1. The molecule has 1 aromatic rings. The smallest absolute Gasteiger partial charge is 0.312 e. The number of nitrogens with one attached hydrogen (secondary N) is 1. The highest BCUT2D eigenvalue weighted by molar-refractivity contribution is 7.99. The van der Waals surface area contributed by atoms with Gasteiger partial charge in [-0.1, -0.05) is 12.1 Å². The molecule has 0 bridgehead atoms. The van der Waals surface area contributed by atoms with Crippen LogP contribution in [0.25, 0.3) is 0 Å². The van der Waals surface area contributed by atoms with Crippen molar-refractivity contribution in [1.29, 1.82) is 0 Å². The summed E-state index contributed by atoms with van der Waals surface area (Å²) >= 11 is 1.82. The molecule has 1 unspecified atom stereocenters. The molecule has 1 N–H and O–H groups in total. The zero-order valence-electron chi connectivity index (χ0n) is 10.9. The molecule has 0 saturated carbocycles. The molecule has 6 heteroatoms. The number of ketones is 1. The van der Waals surface area contributed by atoms with Gasteiger partial charge in [0.1, 0.15) is 5.78 Å². The second-order valence-electron chi connectivity index (χ2n) is 4.84. The molecule has 1 aliphatic rings. The lowest BCUT2D eigenvalue weighted by Gasteiger charge is -2.22. The van der Waals surface area contributed by atoms with E-state index in [1.54, 1.807) is 0 Å². The number of halogens is 3. The predicted octanol–water partition coefficient (Wildman–Crippen LogP) is 2.91. The van der Waals surface area contributed by atoms with Gasteiger partial charge in [0, 0.05) is 36.9 Å². The molecule has 1 aliphatic heterocycles. The molecule has 1 fully saturated rings. The maximum Gasteiger partial charge on any atom is 0.416 e. The third-order valence-electron chi connectivity index (χ3n) is 3.16. The summed E-state index contributed by atoms with van der Waals surface area (Å²) in [7, 11) is 0. The van der Waals surface area contributed by atoms with E-state index < -0.39 is 11.7 Å². The minimum atomic E-state index is -4.33. The van der Waals surface area contributed by atoms with Crippen LogP contribution in [0, 0.1) is 0 Å². The van der Waals surface area contributed by atoms with Crippen LogP contribution in [0.15, 0.2) is 24.3 Å². The van der Waals surface area contributed by atoms with E-state index in [1.165, 1.54) is 12.1 Å². The minimum Gasteiger partial charge on any atom is -0.312 e. The van der Waals surface area contributed by atoms with Crippen molar-refractivity contribution >= 4 is 17.5 Å². The van der Waals surface area contributed by atoms with E-state index in [9.17, 15) is 18.0 Å². The van der Waals surface area contributed by atoms with Crippen LogP contribution in [0.3, 0.4) is 0 Å². The van der Waals surface area contributed by atoms with Gasteiger partial charge in [-0.2, -0.15) is 24.9 Å². The lowest BCUT2D eigenvalue weighted by Crippen LogP contribution is -2.39. The number of Topliss-reactive ketones (excluding diaryl/α,β-unsaturated/α-hetero) is 1. The van der Waals surface area contributed by atoms with E-state index in [0.29, 0.717) is 12.0 Å². The van der Waals surface area contributed by atoms with E-state index in [0.717, 1.165) is 30.2 Å². The summed E-state index contributed by atoms with van der Waals surface area (Å²) in [6.45, 7) is 0.906. The van der Waals surface area contributed by atoms with Gasteiger partial charge in [0.15, 0.2) is 0 Å². The van der Waals surface area contributed by atoms with Gasteiger partial charge >= 0.3 is 6.18 Å². The second-order valence-corrected chi connectivity index (χ2v) is 5.99. The average Bonchev–Trinajstić information content (AvgIpc) is 2.39. The Bertz CT molecular complexity index is 452. The van der Waals surface area contributed by atoms with Gasteiger partial charge in [0.05, 0.1) is 5.56 Å². The van der Waals surface area contributed by atoms with Crippen LogP contribution in [0.4, 0.5) is 13.2 Å². The molecule has 0 aliphatic carbocycles. The Balaban J connectivity index is 1.87. The molecule has 0 amide bonds. The third-order valence-corrected chi connectivity index (χ3v) is 4.29. The van der Waals surface area contributed by atoms with Crippen molar-refractivity contribution in [3.8, 4) is 0 Å². The number of alkyl halides is 3. The summed E-state index contributed by atoms with van der Waals surface area (Å²) in [5, 5.41) is 3.27. The van der Waals surface area contributed by atoms with Crippen LogP contribution in [-0.2, 0) is 17.4 Å². The van der Waals surface area contributed by atoms with E-state index in [-0.39, 0.29) is 18.2 Å². The summed E-state index contributed by atoms with van der Waals surface area (Å²) in [5.41, 5.74) is -0.0505. The average molecular weight is 303 g/mol. The molecule has 1 atom stereocenters. The summed E-state index contributed by atoms with van der Waals surface area (Å²) in [4.78, 5) is 11.9. The van der Waals surface area contributed by atoms with Crippen LogP contribution in [-0.4, -0.2) is 29.9 Å². The Morgan fingerprint density at radius 2 is 2.00 bits per heavy atom. The van der Waals surface area contributed by atoms with Crippen molar-refractivity contribution in [1.82, 2.24) is 5.32 Å². The van der Waals surface area contributed by atoms with Crippen molar-refractivity contribution < 1.29 is 18.0 Å². The molecular weight excluding hydrogens is 287 g/mol. The molecule has 110 valence electrons. The van der Waals surface area contributed by atoms with Crippen LogP contribution in [0.1, 0.15) is 17.5 Å². The second kappa shape index (κ2) is 6.63. The first-order chi connectivity index (χ1) is 9.45. The van der Waals surface area contributed by atoms with Gasteiger partial charge in [-0.25, -0.2) is 0 Å². The van der Waals surface area contributed by atoms with Crippen molar-refractivity contribution in [3.05, 3.63) is 35.4 Å². The van der Waals surface area contributed by atoms with Gasteiger partial charge in [0.25, 0.3) is 0 Å². The van der Waals surface area contributed by atoms with Crippen LogP contribution >= 0.6 is 11.8 Å². The number of hydrogen-bond acceptors (Lipinski definition) is 3. The first-order valence-electron chi connectivity index (χ1n) is 6.44.